The Morgan fingerprint density at radius 1 is 1.00 bits per heavy atom. The van der Waals surface area contributed by atoms with Gasteiger partial charge in [-0.25, -0.2) is 5.90 Å². The zero-order chi connectivity index (χ0) is 7.11. The highest BCUT2D eigenvalue weighted by atomic mass is 16.4. The molecule has 0 saturated heterocycles. The van der Waals surface area contributed by atoms with Gasteiger partial charge in [0.2, 0.25) is 0 Å². The van der Waals surface area contributed by atoms with E-state index in [0.717, 1.165) is 0 Å². The second kappa shape index (κ2) is 5.08. The summed E-state index contributed by atoms with van der Waals surface area (Å²) in [5, 5.41) is 15.1. The molecule has 3 heteroatoms. The first-order valence-electron chi connectivity index (χ1n) is 2.39. The van der Waals surface area contributed by atoms with Gasteiger partial charge in [-0.1, -0.05) is 18.2 Å². The average Bonchev–Trinajstić information content (AvgIpc) is 1.94. The fourth-order valence-electron chi connectivity index (χ4n) is 0.428. The molecule has 0 unspecified atom stereocenters. The number of hydrogen-bond acceptors (Lipinski definition) is 3. The van der Waals surface area contributed by atoms with Crippen molar-refractivity contribution in [1.82, 2.24) is 0 Å². The summed E-state index contributed by atoms with van der Waals surface area (Å²) in [6, 6.07) is 8.71. The molecule has 0 spiro atoms. The van der Waals surface area contributed by atoms with E-state index in [1.165, 1.54) is 0 Å². The van der Waals surface area contributed by atoms with Gasteiger partial charge >= 0.3 is 0 Å². The van der Waals surface area contributed by atoms with Crippen molar-refractivity contribution in [3.05, 3.63) is 30.3 Å². The summed E-state index contributed by atoms with van der Waals surface area (Å²) in [7, 11) is 0. The first-order valence-corrected chi connectivity index (χ1v) is 2.39. The van der Waals surface area contributed by atoms with Crippen LogP contribution in [0.2, 0.25) is 0 Å². The number of para-hydroxylation sites is 1. The Balaban J connectivity index is 0.000000291. The SMILES string of the molecule is NO.Oc1ccccc1. The maximum Gasteiger partial charge on any atom is 0.115 e. The van der Waals surface area contributed by atoms with E-state index in [4.69, 9.17) is 10.3 Å². The van der Waals surface area contributed by atoms with Crippen molar-refractivity contribution in [3.63, 3.8) is 0 Å². The maximum absolute atomic E-state index is 8.63. The molecule has 4 N–H and O–H groups in total. The van der Waals surface area contributed by atoms with Gasteiger partial charge in [0.15, 0.2) is 0 Å². The Morgan fingerprint density at radius 3 is 1.67 bits per heavy atom. The lowest BCUT2D eigenvalue weighted by atomic mass is 10.3. The summed E-state index contributed by atoms with van der Waals surface area (Å²) >= 11 is 0. The van der Waals surface area contributed by atoms with Gasteiger partial charge in [0.05, 0.1) is 0 Å². The largest absolute Gasteiger partial charge is 0.508 e. The lowest BCUT2D eigenvalue weighted by Gasteiger charge is -1.82. The van der Waals surface area contributed by atoms with E-state index < -0.39 is 0 Å². The summed E-state index contributed by atoms with van der Waals surface area (Å²) in [4.78, 5) is 0. The monoisotopic (exact) mass is 127 g/mol. The van der Waals surface area contributed by atoms with Crippen LogP contribution in [0.1, 0.15) is 0 Å². The molecule has 0 radical (unpaired) electrons. The third-order valence-electron chi connectivity index (χ3n) is 0.756. The van der Waals surface area contributed by atoms with E-state index in [1.54, 1.807) is 24.3 Å². The second-order valence-electron chi connectivity index (χ2n) is 1.34. The van der Waals surface area contributed by atoms with Crippen LogP contribution in [0.3, 0.4) is 0 Å². The van der Waals surface area contributed by atoms with Crippen molar-refractivity contribution >= 4 is 0 Å². The Labute approximate surface area is 53.3 Å². The quantitative estimate of drug-likeness (QED) is 0.450. The Morgan fingerprint density at radius 2 is 1.44 bits per heavy atom. The van der Waals surface area contributed by atoms with E-state index in [-0.39, 0.29) is 0 Å². The van der Waals surface area contributed by atoms with Gasteiger partial charge in [0.1, 0.15) is 5.75 Å². The van der Waals surface area contributed by atoms with Gasteiger partial charge in [-0.15, -0.1) is 0 Å². The van der Waals surface area contributed by atoms with E-state index in [9.17, 15) is 0 Å². The first kappa shape index (κ1) is 7.94. The Bertz CT molecular complexity index is 141. The summed E-state index contributed by atoms with van der Waals surface area (Å²) in [6.07, 6.45) is 0. The molecule has 0 aliphatic rings. The first-order chi connectivity index (χ1) is 4.39. The van der Waals surface area contributed by atoms with Crippen LogP contribution in [0.5, 0.6) is 5.75 Å². The second-order valence-corrected chi connectivity index (χ2v) is 1.34. The fourth-order valence-corrected chi connectivity index (χ4v) is 0.428. The minimum Gasteiger partial charge on any atom is -0.508 e. The van der Waals surface area contributed by atoms with E-state index in [0.29, 0.717) is 5.75 Å². The molecule has 1 aromatic rings. The highest BCUT2D eigenvalue weighted by molar-refractivity contribution is 5.18. The summed E-state index contributed by atoms with van der Waals surface area (Å²) in [5.74, 6) is 3.82. The zero-order valence-electron chi connectivity index (χ0n) is 4.86. The van der Waals surface area contributed by atoms with Crippen molar-refractivity contribution in [2.45, 2.75) is 0 Å². The van der Waals surface area contributed by atoms with Crippen LogP contribution < -0.4 is 5.90 Å². The predicted octanol–water partition coefficient (Wildman–Crippen LogP) is 0.727. The molecule has 0 bridgehead atoms. The molecular formula is C6H9NO2. The van der Waals surface area contributed by atoms with Crippen molar-refractivity contribution < 1.29 is 10.3 Å². The van der Waals surface area contributed by atoms with Crippen molar-refractivity contribution in [1.29, 1.82) is 0 Å². The van der Waals surface area contributed by atoms with Crippen LogP contribution in [0.15, 0.2) is 30.3 Å². The topological polar surface area (TPSA) is 66.5 Å². The lowest BCUT2D eigenvalue weighted by Crippen LogP contribution is -1.72. The highest BCUT2D eigenvalue weighted by Gasteiger charge is 1.74. The Kier molecular flexibility index (Phi) is 4.49. The molecule has 0 atom stereocenters. The lowest BCUT2D eigenvalue weighted by molar-refractivity contribution is 0.311. The van der Waals surface area contributed by atoms with E-state index in [2.05, 4.69) is 5.90 Å². The van der Waals surface area contributed by atoms with Crippen LogP contribution in [0, 0.1) is 0 Å². The number of rotatable bonds is 0. The maximum atomic E-state index is 8.63. The van der Waals surface area contributed by atoms with E-state index >= 15 is 0 Å². The highest BCUT2D eigenvalue weighted by Crippen LogP contribution is 2.02. The Hall–Kier alpha value is -1.06. The van der Waals surface area contributed by atoms with Gasteiger partial charge < -0.3 is 10.3 Å². The number of aromatic hydroxyl groups is 1. The normalized spacial score (nSPS) is 7.33. The van der Waals surface area contributed by atoms with E-state index in [1.807, 2.05) is 6.07 Å². The summed E-state index contributed by atoms with van der Waals surface area (Å²) in [6.45, 7) is 0. The zero-order valence-corrected chi connectivity index (χ0v) is 4.86. The molecule has 1 rings (SSSR count). The number of nitrogens with two attached hydrogens (primary N) is 1. The summed E-state index contributed by atoms with van der Waals surface area (Å²) < 4.78 is 0. The van der Waals surface area contributed by atoms with Gasteiger partial charge in [-0.2, -0.15) is 0 Å². The van der Waals surface area contributed by atoms with Gasteiger partial charge in [-0.3, -0.25) is 0 Å². The summed E-state index contributed by atoms with van der Waals surface area (Å²) in [5.41, 5.74) is 0. The predicted molar refractivity (Wildman–Crippen MR) is 34.1 cm³/mol. The number of phenolic OH excluding ortho intramolecular Hbond substituents is 1. The molecule has 50 valence electrons. The van der Waals surface area contributed by atoms with Gasteiger partial charge in [0, 0.05) is 0 Å². The van der Waals surface area contributed by atoms with Crippen LogP contribution >= 0.6 is 0 Å². The van der Waals surface area contributed by atoms with Crippen molar-refractivity contribution in [2.75, 3.05) is 0 Å². The fraction of sp³-hybridized carbons (Fsp3) is 0. The molecular weight excluding hydrogens is 118 g/mol. The average molecular weight is 127 g/mol. The van der Waals surface area contributed by atoms with Crippen LogP contribution in [0.4, 0.5) is 0 Å². The number of benzene rings is 1. The third kappa shape index (κ3) is 3.52. The minimum absolute atomic E-state index is 0.322. The standard InChI is InChI=1S/C6H6O.H3NO/c7-6-4-2-1-3-5-6;1-2/h1-5,7H;2H,1H2. The van der Waals surface area contributed by atoms with Crippen LogP contribution in [-0.2, 0) is 0 Å². The van der Waals surface area contributed by atoms with Gasteiger partial charge in [-0.05, 0) is 12.1 Å². The van der Waals surface area contributed by atoms with Crippen LogP contribution in [0.25, 0.3) is 0 Å². The number of phenols is 1. The smallest absolute Gasteiger partial charge is 0.115 e. The molecule has 0 saturated carbocycles. The molecule has 0 aliphatic heterocycles. The minimum atomic E-state index is 0.322. The van der Waals surface area contributed by atoms with Crippen molar-refractivity contribution in [2.24, 2.45) is 5.90 Å². The van der Waals surface area contributed by atoms with Gasteiger partial charge in [0.25, 0.3) is 0 Å². The molecule has 9 heavy (non-hydrogen) atoms. The third-order valence-corrected chi connectivity index (χ3v) is 0.756. The molecule has 0 aromatic heterocycles. The van der Waals surface area contributed by atoms with Crippen molar-refractivity contribution in [3.8, 4) is 5.75 Å². The molecule has 0 heterocycles. The molecule has 0 fully saturated rings. The molecule has 0 amide bonds. The van der Waals surface area contributed by atoms with Crippen LogP contribution in [-0.4, -0.2) is 10.3 Å². The molecule has 0 aliphatic carbocycles. The molecule has 1 aromatic carbocycles. The molecule has 3 nitrogen and oxygen atoms in total. The number of hydrogen-bond donors (Lipinski definition) is 3.